The summed E-state index contributed by atoms with van der Waals surface area (Å²) in [5, 5.41) is 7.65. The first kappa shape index (κ1) is 8.71. The zero-order valence-corrected chi connectivity index (χ0v) is 7.17. The van der Waals surface area contributed by atoms with Gasteiger partial charge in [-0.05, 0) is 18.6 Å². The van der Waals surface area contributed by atoms with Gasteiger partial charge in [-0.1, -0.05) is 13.3 Å². The van der Waals surface area contributed by atoms with E-state index in [1.807, 2.05) is 13.0 Å². The molecule has 0 aromatic carbocycles. The van der Waals surface area contributed by atoms with E-state index in [1.165, 1.54) is 0 Å². The van der Waals surface area contributed by atoms with Crippen LogP contribution in [0.25, 0.3) is 0 Å². The third kappa shape index (κ3) is 1.81. The molecule has 64 valence electrons. The first-order valence-electron chi connectivity index (χ1n) is 4.04. The smallest absolute Gasteiger partial charge is 0.132 e. The van der Waals surface area contributed by atoms with Crippen LogP contribution in [0.3, 0.4) is 0 Å². The van der Waals surface area contributed by atoms with Crippen LogP contribution < -0.4 is 5.73 Å². The number of nitrogens with two attached hydrogens (primary N) is 1. The summed E-state index contributed by atoms with van der Waals surface area (Å²) in [6.45, 7) is 2.04. The van der Waals surface area contributed by atoms with Gasteiger partial charge in [0.25, 0.3) is 0 Å². The standard InChI is InChI=1S/C9H13N3/c1-2-4-8(10)7-5-3-6-12-9(7)11/h3,5-6,10H,2,4H2,1H3,(H2,11,12). The highest BCUT2D eigenvalue weighted by Crippen LogP contribution is 2.10. The Morgan fingerprint density at radius 3 is 3.00 bits per heavy atom. The highest BCUT2D eigenvalue weighted by atomic mass is 14.8. The van der Waals surface area contributed by atoms with Crippen molar-refractivity contribution < 1.29 is 0 Å². The van der Waals surface area contributed by atoms with E-state index in [0.717, 1.165) is 18.4 Å². The van der Waals surface area contributed by atoms with E-state index in [1.54, 1.807) is 12.3 Å². The summed E-state index contributed by atoms with van der Waals surface area (Å²) in [6, 6.07) is 3.64. The summed E-state index contributed by atoms with van der Waals surface area (Å²) < 4.78 is 0. The van der Waals surface area contributed by atoms with Gasteiger partial charge >= 0.3 is 0 Å². The maximum absolute atomic E-state index is 7.65. The molecule has 0 atom stereocenters. The van der Waals surface area contributed by atoms with Gasteiger partial charge in [0.05, 0.1) is 0 Å². The van der Waals surface area contributed by atoms with Crippen LogP contribution in [0.2, 0.25) is 0 Å². The van der Waals surface area contributed by atoms with Crippen LogP contribution in [-0.2, 0) is 0 Å². The van der Waals surface area contributed by atoms with Crippen molar-refractivity contribution in [1.29, 1.82) is 5.41 Å². The van der Waals surface area contributed by atoms with Crippen molar-refractivity contribution in [2.24, 2.45) is 0 Å². The molecule has 3 heteroatoms. The topological polar surface area (TPSA) is 62.8 Å². The van der Waals surface area contributed by atoms with Crippen LogP contribution in [0.4, 0.5) is 5.82 Å². The van der Waals surface area contributed by atoms with E-state index in [0.29, 0.717) is 11.5 Å². The fraction of sp³-hybridized carbons (Fsp3) is 0.333. The molecule has 0 radical (unpaired) electrons. The molecular formula is C9H13N3. The summed E-state index contributed by atoms with van der Waals surface area (Å²) >= 11 is 0. The minimum absolute atomic E-state index is 0.455. The minimum atomic E-state index is 0.455. The van der Waals surface area contributed by atoms with Crippen molar-refractivity contribution in [3.05, 3.63) is 23.9 Å². The van der Waals surface area contributed by atoms with Gasteiger partial charge < -0.3 is 11.1 Å². The van der Waals surface area contributed by atoms with Crippen LogP contribution in [-0.4, -0.2) is 10.7 Å². The molecular weight excluding hydrogens is 150 g/mol. The van der Waals surface area contributed by atoms with Gasteiger partial charge in [0.2, 0.25) is 0 Å². The molecule has 1 aromatic heterocycles. The van der Waals surface area contributed by atoms with Crippen LogP contribution in [0.1, 0.15) is 25.3 Å². The first-order valence-corrected chi connectivity index (χ1v) is 4.04. The number of hydrogen-bond acceptors (Lipinski definition) is 3. The predicted molar refractivity (Wildman–Crippen MR) is 50.4 cm³/mol. The average Bonchev–Trinajstić information content (AvgIpc) is 2.05. The zero-order valence-electron chi connectivity index (χ0n) is 7.17. The lowest BCUT2D eigenvalue weighted by Gasteiger charge is -2.03. The fourth-order valence-electron chi connectivity index (χ4n) is 1.06. The van der Waals surface area contributed by atoms with Crippen molar-refractivity contribution in [2.45, 2.75) is 19.8 Å². The Balaban J connectivity index is 2.87. The molecule has 0 bridgehead atoms. The largest absolute Gasteiger partial charge is 0.383 e. The normalized spacial score (nSPS) is 9.75. The number of pyridine rings is 1. The van der Waals surface area contributed by atoms with Crippen molar-refractivity contribution in [2.75, 3.05) is 5.73 Å². The van der Waals surface area contributed by atoms with Crippen molar-refractivity contribution in [3.8, 4) is 0 Å². The van der Waals surface area contributed by atoms with Gasteiger partial charge in [-0.2, -0.15) is 0 Å². The SMILES string of the molecule is CCCC(=N)c1cccnc1N. The van der Waals surface area contributed by atoms with Gasteiger partial charge in [-0.3, -0.25) is 0 Å². The predicted octanol–water partition coefficient (Wildman–Crippen LogP) is 1.83. The molecule has 0 aliphatic heterocycles. The molecule has 3 nitrogen and oxygen atoms in total. The van der Waals surface area contributed by atoms with Crippen LogP contribution in [0.15, 0.2) is 18.3 Å². The van der Waals surface area contributed by atoms with Crippen LogP contribution in [0, 0.1) is 5.41 Å². The Morgan fingerprint density at radius 2 is 2.42 bits per heavy atom. The molecule has 0 fully saturated rings. The number of anilines is 1. The monoisotopic (exact) mass is 163 g/mol. The number of aromatic nitrogens is 1. The van der Waals surface area contributed by atoms with Gasteiger partial charge in [0.15, 0.2) is 0 Å². The second-order valence-corrected chi connectivity index (χ2v) is 2.66. The first-order chi connectivity index (χ1) is 5.75. The molecule has 0 saturated heterocycles. The van der Waals surface area contributed by atoms with Gasteiger partial charge in [-0.25, -0.2) is 4.98 Å². The summed E-state index contributed by atoms with van der Waals surface area (Å²) in [7, 11) is 0. The second-order valence-electron chi connectivity index (χ2n) is 2.66. The van der Waals surface area contributed by atoms with Crippen molar-refractivity contribution in [1.82, 2.24) is 4.98 Å². The summed E-state index contributed by atoms with van der Waals surface area (Å²) in [5.74, 6) is 0.455. The van der Waals surface area contributed by atoms with Crippen LogP contribution >= 0.6 is 0 Å². The lowest BCUT2D eigenvalue weighted by Crippen LogP contribution is -2.04. The molecule has 12 heavy (non-hydrogen) atoms. The quantitative estimate of drug-likeness (QED) is 0.668. The number of nitrogens with one attached hydrogen (secondary N) is 1. The third-order valence-electron chi connectivity index (χ3n) is 1.66. The van der Waals surface area contributed by atoms with Gasteiger partial charge in [0, 0.05) is 17.5 Å². The highest BCUT2D eigenvalue weighted by Gasteiger charge is 2.03. The molecule has 1 rings (SSSR count). The molecule has 0 aliphatic carbocycles. The highest BCUT2D eigenvalue weighted by molar-refractivity contribution is 6.01. The minimum Gasteiger partial charge on any atom is -0.383 e. The molecule has 1 heterocycles. The second kappa shape index (κ2) is 3.85. The van der Waals surface area contributed by atoms with Gasteiger partial charge in [0.1, 0.15) is 5.82 Å². The number of hydrogen-bond donors (Lipinski definition) is 2. The average molecular weight is 163 g/mol. The lowest BCUT2D eigenvalue weighted by molar-refractivity contribution is 0.985. The van der Waals surface area contributed by atoms with E-state index in [-0.39, 0.29) is 0 Å². The summed E-state index contributed by atoms with van der Waals surface area (Å²) in [5.41, 5.74) is 6.94. The molecule has 0 amide bonds. The van der Waals surface area contributed by atoms with E-state index >= 15 is 0 Å². The Hall–Kier alpha value is -1.38. The molecule has 3 N–H and O–H groups in total. The van der Waals surface area contributed by atoms with Crippen LogP contribution in [0.5, 0.6) is 0 Å². The van der Waals surface area contributed by atoms with E-state index in [2.05, 4.69) is 4.98 Å². The van der Waals surface area contributed by atoms with E-state index < -0.39 is 0 Å². The van der Waals surface area contributed by atoms with Crippen molar-refractivity contribution in [3.63, 3.8) is 0 Å². The Bertz CT molecular complexity index is 281. The molecule has 0 spiro atoms. The molecule has 0 unspecified atom stereocenters. The van der Waals surface area contributed by atoms with E-state index in [4.69, 9.17) is 11.1 Å². The maximum Gasteiger partial charge on any atom is 0.132 e. The Labute approximate surface area is 72.1 Å². The summed E-state index contributed by atoms with van der Waals surface area (Å²) in [4.78, 5) is 3.92. The molecule has 0 saturated carbocycles. The van der Waals surface area contributed by atoms with Gasteiger partial charge in [-0.15, -0.1) is 0 Å². The van der Waals surface area contributed by atoms with E-state index in [9.17, 15) is 0 Å². The molecule has 1 aromatic rings. The zero-order chi connectivity index (χ0) is 8.97. The Kier molecular flexibility index (Phi) is 2.80. The lowest BCUT2D eigenvalue weighted by atomic mass is 10.1. The Morgan fingerprint density at radius 1 is 1.67 bits per heavy atom. The number of rotatable bonds is 3. The fourth-order valence-corrected chi connectivity index (χ4v) is 1.06. The number of nitrogens with zero attached hydrogens (tertiary/aromatic N) is 1. The number of nitrogen functional groups attached to an aromatic ring is 1. The third-order valence-corrected chi connectivity index (χ3v) is 1.66. The maximum atomic E-state index is 7.65. The molecule has 0 aliphatic rings. The van der Waals surface area contributed by atoms with Crippen molar-refractivity contribution >= 4 is 11.5 Å². The summed E-state index contributed by atoms with van der Waals surface area (Å²) in [6.07, 6.45) is 3.36.